The van der Waals surface area contributed by atoms with Gasteiger partial charge in [0.1, 0.15) is 5.75 Å². The van der Waals surface area contributed by atoms with Crippen molar-refractivity contribution >= 4 is 22.6 Å². The highest BCUT2D eigenvalue weighted by Crippen LogP contribution is 2.39. The number of amides is 1. The molecule has 2 aromatic carbocycles. The van der Waals surface area contributed by atoms with E-state index in [0.717, 1.165) is 11.4 Å². The minimum atomic E-state index is -0.631. The van der Waals surface area contributed by atoms with Crippen LogP contribution in [-0.2, 0) is 0 Å². The van der Waals surface area contributed by atoms with Gasteiger partial charge in [0.25, 0.3) is 5.91 Å². The highest BCUT2D eigenvalue weighted by atomic mass is 16.3. The summed E-state index contributed by atoms with van der Waals surface area (Å²) in [5.41, 5.74) is 16.7. The lowest BCUT2D eigenvalue weighted by Crippen LogP contribution is -2.15. The third-order valence-corrected chi connectivity index (χ3v) is 4.25. The number of hydrogen-bond acceptors (Lipinski definition) is 5. The Morgan fingerprint density at radius 2 is 1.79 bits per heavy atom. The van der Waals surface area contributed by atoms with Crippen molar-refractivity contribution in [3.05, 3.63) is 46.8 Å². The zero-order chi connectivity index (χ0) is 17.6. The molecule has 24 heavy (non-hydrogen) atoms. The summed E-state index contributed by atoms with van der Waals surface area (Å²) in [6.07, 6.45) is 0. The van der Waals surface area contributed by atoms with Crippen LogP contribution >= 0.6 is 0 Å². The van der Waals surface area contributed by atoms with Crippen molar-refractivity contribution in [2.45, 2.75) is 20.8 Å². The number of anilines is 1. The average molecular weight is 322 g/mol. The molecule has 5 N–H and O–H groups in total. The number of carbonyl (C=O) groups excluding carboxylic acids is 1. The van der Waals surface area contributed by atoms with Crippen molar-refractivity contribution in [2.24, 2.45) is 5.73 Å². The van der Waals surface area contributed by atoms with Gasteiger partial charge in [-0.1, -0.05) is 12.1 Å². The Bertz CT molecular complexity index is 996. The van der Waals surface area contributed by atoms with E-state index in [9.17, 15) is 9.90 Å². The lowest BCUT2D eigenvalue weighted by Gasteiger charge is -2.16. The standard InChI is InChI=1S/C18H18N4O2/c1-8-11(5-4-6-14(8)23)15-16(19)12(18(20)24)7-13-17(15)22-10(3)9(2)21-13/h4-7,23H,19H2,1-3H3,(H2,20,24). The van der Waals surface area contributed by atoms with Gasteiger partial charge in [-0.25, -0.2) is 9.97 Å². The fraction of sp³-hybridized carbons (Fsp3) is 0.167. The van der Waals surface area contributed by atoms with Crippen LogP contribution in [0.5, 0.6) is 5.75 Å². The molecule has 0 aliphatic heterocycles. The summed E-state index contributed by atoms with van der Waals surface area (Å²) in [7, 11) is 0. The number of nitrogens with zero attached hydrogens (tertiary/aromatic N) is 2. The van der Waals surface area contributed by atoms with Crippen LogP contribution in [0.2, 0.25) is 0 Å². The van der Waals surface area contributed by atoms with Crippen molar-refractivity contribution in [1.82, 2.24) is 9.97 Å². The second-order valence-electron chi connectivity index (χ2n) is 5.79. The molecule has 0 atom stereocenters. The third-order valence-electron chi connectivity index (χ3n) is 4.25. The Balaban J connectivity index is 2.53. The molecule has 0 aliphatic rings. The predicted molar refractivity (Wildman–Crippen MR) is 93.8 cm³/mol. The summed E-state index contributed by atoms with van der Waals surface area (Å²) < 4.78 is 0. The van der Waals surface area contributed by atoms with Gasteiger partial charge >= 0.3 is 0 Å². The smallest absolute Gasteiger partial charge is 0.250 e. The molecule has 3 rings (SSSR count). The van der Waals surface area contributed by atoms with Crippen LogP contribution in [-0.4, -0.2) is 21.0 Å². The predicted octanol–water partition coefficient (Wildman–Crippen LogP) is 2.61. The Morgan fingerprint density at radius 1 is 1.12 bits per heavy atom. The highest BCUT2D eigenvalue weighted by Gasteiger charge is 2.20. The molecular formula is C18H18N4O2. The number of aryl methyl sites for hydroxylation is 2. The fourth-order valence-corrected chi connectivity index (χ4v) is 2.75. The molecule has 0 radical (unpaired) electrons. The van der Waals surface area contributed by atoms with E-state index in [1.165, 1.54) is 0 Å². The molecule has 0 fully saturated rings. The van der Waals surface area contributed by atoms with Crippen LogP contribution in [0.25, 0.3) is 22.2 Å². The maximum atomic E-state index is 11.8. The average Bonchev–Trinajstić information content (AvgIpc) is 2.52. The molecule has 0 aliphatic carbocycles. The molecule has 0 unspecified atom stereocenters. The minimum absolute atomic E-state index is 0.140. The molecular weight excluding hydrogens is 304 g/mol. The maximum Gasteiger partial charge on any atom is 0.250 e. The van der Waals surface area contributed by atoms with Crippen LogP contribution in [0.3, 0.4) is 0 Å². The number of primary amides is 1. The summed E-state index contributed by atoms with van der Waals surface area (Å²) in [5, 5.41) is 10.0. The molecule has 122 valence electrons. The van der Waals surface area contributed by atoms with Gasteiger partial charge < -0.3 is 16.6 Å². The van der Waals surface area contributed by atoms with E-state index < -0.39 is 5.91 Å². The maximum absolute atomic E-state index is 11.8. The van der Waals surface area contributed by atoms with Crippen molar-refractivity contribution in [3.8, 4) is 16.9 Å². The number of fused-ring (bicyclic) bond motifs is 1. The van der Waals surface area contributed by atoms with Crippen molar-refractivity contribution in [2.75, 3.05) is 5.73 Å². The molecule has 1 heterocycles. The molecule has 1 aromatic heterocycles. The lowest BCUT2D eigenvalue weighted by molar-refractivity contribution is 0.100. The van der Waals surface area contributed by atoms with Crippen molar-refractivity contribution in [1.29, 1.82) is 0 Å². The molecule has 1 amide bonds. The molecule has 0 spiro atoms. The van der Waals surface area contributed by atoms with Crippen LogP contribution in [0.1, 0.15) is 27.3 Å². The highest BCUT2D eigenvalue weighted by molar-refractivity contribution is 6.10. The number of benzene rings is 2. The number of nitrogen functional groups attached to an aromatic ring is 1. The first-order valence-electron chi connectivity index (χ1n) is 7.47. The molecule has 0 bridgehead atoms. The van der Waals surface area contributed by atoms with E-state index in [1.807, 2.05) is 19.9 Å². The number of nitrogens with two attached hydrogens (primary N) is 2. The third kappa shape index (κ3) is 2.32. The van der Waals surface area contributed by atoms with Gasteiger partial charge in [0.15, 0.2) is 0 Å². The van der Waals surface area contributed by atoms with E-state index in [-0.39, 0.29) is 17.0 Å². The topological polar surface area (TPSA) is 115 Å². The van der Waals surface area contributed by atoms with E-state index in [0.29, 0.717) is 27.7 Å². The summed E-state index contributed by atoms with van der Waals surface area (Å²) in [4.78, 5) is 20.9. The Morgan fingerprint density at radius 3 is 2.46 bits per heavy atom. The number of rotatable bonds is 2. The summed E-state index contributed by atoms with van der Waals surface area (Å²) in [5.74, 6) is -0.491. The van der Waals surface area contributed by atoms with Gasteiger partial charge in [0.2, 0.25) is 0 Å². The number of aromatic hydroxyl groups is 1. The molecule has 6 heteroatoms. The quantitative estimate of drug-likeness (QED) is 0.627. The zero-order valence-corrected chi connectivity index (χ0v) is 13.7. The Kier molecular flexibility index (Phi) is 3.60. The van der Waals surface area contributed by atoms with E-state index in [2.05, 4.69) is 9.97 Å². The molecule has 6 nitrogen and oxygen atoms in total. The Hall–Kier alpha value is -3.15. The van der Waals surface area contributed by atoms with Gasteiger partial charge in [-0.3, -0.25) is 4.79 Å². The van der Waals surface area contributed by atoms with E-state index in [4.69, 9.17) is 11.5 Å². The fourth-order valence-electron chi connectivity index (χ4n) is 2.75. The second-order valence-corrected chi connectivity index (χ2v) is 5.79. The zero-order valence-electron chi connectivity index (χ0n) is 13.7. The van der Waals surface area contributed by atoms with Crippen LogP contribution in [0.15, 0.2) is 24.3 Å². The SMILES string of the molecule is Cc1nc2cc(C(N)=O)c(N)c(-c3cccc(O)c3C)c2nc1C. The van der Waals surface area contributed by atoms with Gasteiger partial charge in [-0.15, -0.1) is 0 Å². The monoisotopic (exact) mass is 322 g/mol. The first-order chi connectivity index (χ1) is 11.3. The normalized spacial score (nSPS) is 11.0. The number of phenols is 1. The van der Waals surface area contributed by atoms with Crippen molar-refractivity contribution < 1.29 is 9.90 Å². The van der Waals surface area contributed by atoms with E-state index in [1.54, 1.807) is 25.1 Å². The first kappa shape index (κ1) is 15.7. The number of phenolic OH excluding ortho intramolecular Hbond substituents is 1. The van der Waals surface area contributed by atoms with Gasteiger partial charge in [-0.2, -0.15) is 0 Å². The van der Waals surface area contributed by atoms with Crippen molar-refractivity contribution in [3.63, 3.8) is 0 Å². The van der Waals surface area contributed by atoms with Gasteiger partial charge in [0.05, 0.1) is 33.7 Å². The first-order valence-corrected chi connectivity index (χ1v) is 7.47. The van der Waals surface area contributed by atoms with E-state index >= 15 is 0 Å². The van der Waals surface area contributed by atoms with Crippen LogP contribution in [0.4, 0.5) is 5.69 Å². The second kappa shape index (κ2) is 5.49. The number of aromatic nitrogens is 2. The minimum Gasteiger partial charge on any atom is -0.508 e. The lowest BCUT2D eigenvalue weighted by atomic mass is 9.94. The molecule has 3 aromatic rings. The number of carbonyl (C=O) groups is 1. The summed E-state index contributed by atoms with van der Waals surface area (Å²) in [6, 6.07) is 6.69. The van der Waals surface area contributed by atoms with Crippen LogP contribution < -0.4 is 11.5 Å². The largest absolute Gasteiger partial charge is 0.508 e. The summed E-state index contributed by atoms with van der Waals surface area (Å²) in [6.45, 7) is 5.49. The molecule has 0 saturated heterocycles. The number of hydrogen-bond donors (Lipinski definition) is 3. The summed E-state index contributed by atoms with van der Waals surface area (Å²) >= 11 is 0. The molecule has 0 saturated carbocycles. The van der Waals surface area contributed by atoms with Gasteiger partial charge in [-0.05, 0) is 44.0 Å². The van der Waals surface area contributed by atoms with Gasteiger partial charge in [0, 0.05) is 5.56 Å². The Labute approximate surface area is 139 Å². The van der Waals surface area contributed by atoms with Crippen LogP contribution in [0, 0.1) is 20.8 Å².